The van der Waals surface area contributed by atoms with Gasteiger partial charge in [-0.2, -0.15) is 0 Å². The number of benzene rings is 2. The van der Waals surface area contributed by atoms with Crippen molar-refractivity contribution < 1.29 is 27.2 Å². The van der Waals surface area contributed by atoms with Gasteiger partial charge in [0.05, 0.1) is 17.2 Å². The molecule has 2 N–H and O–H groups in total. The standard InChI is InChI=1S/C20H19F2N3O5S/c1-20(19(27)24-28,31(2,29)30)7-8-25-11-23-17-9-12(3-5-14(17)18(25)26)15-10-13(21)4-6-16(15)22/h3-6,9-11,28H,7-8H2,1-2H3,(H,24,27)/t20-/m1/s1. The summed E-state index contributed by atoms with van der Waals surface area (Å²) in [6.45, 7) is 0.978. The summed E-state index contributed by atoms with van der Waals surface area (Å²) >= 11 is 0. The lowest BCUT2D eigenvalue weighted by molar-refractivity contribution is -0.131. The fourth-order valence-electron chi connectivity index (χ4n) is 3.12. The van der Waals surface area contributed by atoms with Gasteiger partial charge in [0.2, 0.25) is 0 Å². The van der Waals surface area contributed by atoms with Crippen LogP contribution in [0.1, 0.15) is 13.3 Å². The minimum atomic E-state index is -3.92. The molecule has 8 nitrogen and oxygen atoms in total. The molecule has 0 spiro atoms. The van der Waals surface area contributed by atoms with E-state index in [-0.39, 0.29) is 29.4 Å². The maximum absolute atomic E-state index is 14.0. The van der Waals surface area contributed by atoms with Gasteiger partial charge in [0.15, 0.2) is 14.6 Å². The third-order valence-corrected chi connectivity index (χ3v) is 7.32. The van der Waals surface area contributed by atoms with E-state index in [0.717, 1.165) is 35.9 Å². The topological polar surface area (TPSA) is 118 Å². The number of halogens is 2. The molecule has 3 aromatic rings. The SMILES string of the molecule is C[C@@](CCn1cnc2cc(-c3cc(F)ccc3F)ccc2c1=O)(C(=O)NO)S(C)(=O)=O. The zero-order valence-corrected chi connectivity index (χ0v) is 17.4. The normalized spacial score (nSPS) is 13.7. The molecule has 1 heterocycles. The predicted molar refractivity (Wildman–Crippen MR) is 109 cm³/mol. The van der Waals surface area contributed by atoms with Gasteiger partial charge in [-0.3, -0.25) is 19.4 Å². The van der Waals surface area contributed by atoms with Crippen LogP contribution in [0.25, 0.3) is 22.0 Å². The van der Waals surface area contributed by atoms with Gasteiger partial charge in [0.1, 0.15) is 11.6 Å². The van der Waals surface area contributed by atoms with Crippen molar-refractivity contribution in [2.24, 2.45) is 0 Å². The molecule has 0 bridgehead atoms. The molecule has 0 saturated heterocycles. The van der Waals surface area contributed by atoms with Crippen LogP contribution in [0, 0.1) is 11.6 Å². The van der Waals surface area contributed by atoms with E-state index in [1.54, 1.807) is 0 Å². The van der Waals surface area contributed by atoms with Crippen molar-refractivity contribution in [2.45, 2.75) is 24.6 Å². The monoisotopic (exact) mass is 451 g/mol. The van der Waals surface area contributed by atoms with Crippen molar-refractivity contribution in [3.63, 3.8) is 0 Å². The Kier molecular flexibility index (Phi) is 5.92. The van der Waals surface area contributed by atoms with Gasteiger partial charge in [-0.1, -0.05) is 6.07 Å². The first-order valence-corrected chi connectivity index (χ1v) is 11.0. The van der Waals surface area contributed by atoms with Gasteiger partial charge in [-0.25, -0.2) is 27.7 Å². The maximum atomic E-state index is 14.0. The largest absolute Gasteiger partial charge is 0.299 e. The third kappa shape index (κ3) is 4.19. The van der Waals surface area contributed by atoms with E-state index >= 15 is 0 Å². The Hall–Kier alpha value is -3.18. The van der Waals surface area contributed by atoms with Crippen molar-refractivity contribution >= 4 is 26.6 Å². The molecule has 0 aliphatic rings. The van der Waals surface area contributed by atoms with Crippen LogP contribution in [-0.2, 0) is 21.2 Å². The molecule has 2 aromatic carbocycles. The number of hydroxylamine groups is 1. The first kappa shape index (κ1) is 22.5. The Balaban J connectivity index is 1.98. The molecule has 164 valence electrons. The quantitative estimate of drug-likeness (QED) is 0.437. The van der Waals surface area contributed by atoms with Crippen molar-refractivity contribution in [1.29, 1.82) is 0 Å². The Morgan fingerprint density at radius 3 is 2.58 bits per heavy atom. The van der Waals surface area contributed by atoms with E-state index in [9.17, 15) is 26.8 Å². The van der Waals surface area contributed by atoms with Gasteiger partial charge >= 0.3 is 0 Å². The molecule has 0 aliphatic carbocycles. The van der Waals surface area contributed by atoms with Crippen LogP contribution in [0.15, 0.2) is 47.5 Å². The number of nitrogens with one attached hydrogen (secondary N) is 1. The molecule has 0 aliphatic heterocycles. The highest BCUT2D eigenvalue weighted by Gasteiger charge is 2.43. The second-order valence-electron chi connectivity index (χ2n) is 7.29. The number of sulfone groups is 1. The van der Waals surface area contributed by atoms with E-state index < -0.39 is 37.7 Å². The fraction of sp³-hybridized carbons (Fsp3) is 0.250. The second-order valence-corrected chi connectivity index (χ2v) is 9.74. The number of hydrogen-bond acceptors (Lipinski definition) is 6. The lowest BCUT2D eigenvalue weighted by atomic mass is 10.0. The number of carbonyl (C=O) groups excluding carboxylic acids is 1. The molecule has 0 fully saturated rings. The third-order valence-electron chi connectivity index (χ3n) is 5.29. The van der Waals surface area contributed by atoms with Gasteiger partial charge in [0, 0.05) is 18.4 Å². The molecule has 3 rings (SSSR count). The van der Waals surface area contributed by atoms with Crippen molar-refractivity contribution in [1.82, 2.24) is 15.0 Å². The lowest BCUT2D eigenvalue weighted by Crippen LogP contribution is -2.50. The summed E-state index contributed by atoms with van der Waals surface area (Å²) in [6.07, 6.45) is 1.74. The summed E-state index contributed by atoms with van der Waals surface area (Å²) in [5.74, 6) is -2.35. The summed E-state index contributed by atoms with van der Waals surface area (Å²) in [4.78, 5) is 28.9. The summed E-state index contributed by atoms with van der Waals surface area (Å²) in [5, 5.41) is 9.07. The predicted octanol–water partition coefficient (Wildman–Crippen LogP) is 2.04. The summed E-state index contributed by atoms with van der Waals surface area (Å²) in [6, 6.07) is 7.35. The zero-order valence-electron chi connectivity index (χ0n) is 16.6. The highest BCUT2D eigenvalue weighted by molar-refractivity contribution is 7.92. The number of fused-ring (bicyclic) bond motifs is 1. The van der Waals surface area contributed by atoms with E-state index in [2.05, 4.69) is 4.98 Å². The maximum Gasteiger partial charge on any atom is 0.264 e. The lowest BCUT2D eigenvalue weighted by Gasteiger charge is -2.25. The molecule has 0 radical (unpaired) electrons. The number of carbonyl (C=O) groups is 1. The Labute approximate surface area is 176 Å². The Bertz CT molecular complexity index is 1340. The molecule has 11 heteroatoms. The van der Waals surface area contributed by atoms with Crippen LogP contribution >= 0.6 is 0 Å². The molecular weight excluding hydrogens is 432 g/mol. The summed E-state index contributed by atoms with van der Waals surface area (Å²) in [5.41, 5.74) is 1.43. The molecule has 0 saturated carbocycles. The average Bonchev–Trinajstić information content (AvgIpc) is 2.73. The van der Waals surface area contributed by atoms with Crippen molar-refractivity contribution in [3.05, 3.63) is 64.7 Å². The molecule has 1 aromatic heterocycles. The number of nitrogens with zero attached hydrogens (tertiary/aromatic N) is 2. The van der Waals surface area contributed by atoms with Crippen LogP contribution in [0.3, 0.4) is 0 Å². The van der Waals surface area contributed by atoms with Crippen LogP contribution in [0.4, 0.5) is 8.78 Å². The molecule has 1 atom stereocenters. The smallest absolute Gasteiger partial charge is 0.264 e. The highest BCUT2D eigenvalue weighted by atomic mass is 32.2. The Morgan fingerprint density at radius 2 is 1.94 bits per heavy atom. The van der Waals surface area contributed by atoms with Gasteiger partial charge in [-0.05, 0) is 49.2 Å². The summed E-state index contributed by atoms with van der Waals surface area (Å²) in [7, 11) is -3.92. The van der Waals surface area contributed by atoms with Crippen LogP contribution in [-0.4, -0.2) is 40.1 Å². The average molecular weight is 451 g/mol. The summed E-state index contributed by atoms with van der Waals surface area (Å²) < 4.78 is 50.8. The van der Waals surface area contributed by atoms with Crippen molar-refractivity contribution in [2.75, 3.05) is 6.26 Å². The Morgan fingerprint density at radius 1 is 1.23 bits per heavy atom. The number of aryl methyl sites for hydroxylation is 1. The minimum Gasteiger partial charge on any atom is -0.299 e. The van der Waals surface area contributed by atoms with E-state index in [4.69, 9.17) is 5.21 Å². The molecule has 31 heavy (non-hydrogen) atoms. The molecular formula is C20H19F2N3O5S. The first-order chi connectivity index (χ1) is 14.5. The van der Waals surface area contributed by atoms with Crippen LogP contribution in [0.2, 0.25) is 0 Å². The number of aromatic nitrogens is 2. The van der Waals surface area contributed by atoms with E-state index in [0.29, 0.717) is 5.56 Å². The second kappa shape index (κ2) is 8.16. The van der Waals surface area contributed by atoms with Crippen molar-refractivity contribution in [3.8, 4) is 11.1 Å². The number of amides is 1. The van der Waals surface area contributed by atoms with Crippen LogP contribution < -0.4 is 11.0 Å². The van der Waals surface area contributed by atoms with Gasteiger partial charge in [0.25, 0.3) is 11.5 Å². The minimum absolute atomic E-state index is 0.0202. The number of rotatable bonds is 6. The molecule has 0 unspecified atom stereocenters. The highest BCUT2D eigenvalue weighted by Crippen LogP contribution is 2.26. The van der Waals surface area contributed by atoms with Gasteiger partial charge in [-0.15, -0.1) is 0 Å². The molecule has 1 amide bonds. The number of hydrogen-bond donors (Lipinski definition) is 2. The van der Waals surface area contributed by atoms with E-state index in [1.807, 2.05) is 0 Å². The zero-order chi connectivity index (χ0) is 23.0. The first-order valence-electron chi connectivity index (χ1n) is 9.06. The van der Waals surface area contributed by atoms with E-state index in [1.165, 1.54) is 30.0 Å². The van der Waals surface area contributed by atoms with Gasteiger partial charge < -0.3 is 0 Å². The van der Waals surface area contributed by atoms with Crippen LogP contribution in [0.5, 0.6) is 0 Å². The fourth-order valence-corrected chi connectivity index (χ4v) is 3.97.